The Bertz CT molecular complexity index is 398. The van der Waals surface area contributed by atoms with Crippen molar-refractivity contribution in [1.29, 1.82) is 5.26 Å². The van der Waals surface area contributed by atoms with Crippen molar-refractivity contribution in [2.75, 3.05) is 5.88 Å². The van der Waals surface area contributed by atoms with Crippen molar-refractivity contribution >= 4 is 33.3 Å². The van der Waals surface area contributed by atoms with Gasteiger partial charge in [0.25, 0.3) is 0 Å². The van der Waals surface area contributed by atoms with E-state index < -0.39 is 0 Å². The van der Waals surface area contributed by atoms with E-state index in [9.17, 15) is 4.79 Å². The van der Waals surface area contributed by atoms with Gasteiger partial charge in [-0.25, -0.2) is 0 Å². The van der Waals surface area contributed by atoms with Gasteiger partial charge in [-0.2, -0.15) is 5.26 Å². The SMILES string of the molecule is N#Cc1ccc(C(=O)CCCl)cc1Br. The molecule has 0 aliphatic carbocycles. The predicted molar refractivity (Wildman–Crippen MR) is 58.5 cm³/mol. The maximum absolute atomic E-state index is 11.4. The minimum absolute atomic E-state index is 0.00908. The van der Waals surface area contributed by atoms with Gasteiger partial charge in [0, 0.05) is 22.3 Å². The van der Waals surface area contributed by atoms with Crippen molar-refractivity contribution in [1.82, 2.24) is 0 Å². The third kappa shape index (κ3) is 2.57. The summed E-state index contributed by atoms with van der Waals surface area (Å²) in [6.07, 6.45) is 0.319. The minimum Gasteiger partial charge on any atom is -0.294 e. The average Bonchev–Trinajstić information content (AvgIpc) is 2.18. The predicted octanol–water partition coefficient (Wildman–Crippen LogP) is 3.13. The van der Waals surface area contributed by atoms with Crippen LogP contribution in [-0.4, -0.2) is 11.7 Å². The highest BCUT2D eigenvalue weighted by Gasteiger charge is 2.07. The van der Waals surface area contributed by atoms with Crippen molar-refractivity contribution in [3.05, 3.63) is 33.8 Å². The molecule has 0 unspecified atom stereocenters. The number of halogens is 2. The van der Waals surface area contributed by atoms with Crippen molar-refractivity contribution in [3.63, 3.8) is 0 Å². The average molecular weight is 273 g/mol. The van der Waals surface area contributed by atoms with Gasteiger partial charge >= 0.3 is 0 Å². The normalized spacial score (nSPS) is 9.50. The Morgan fingerprint density at radius 2 is 2.29 bits per heavy atom. The molecule has 0 saturated carbocycles. The first-order valence-electron chi connectivity index (χ1n) is 3.98. The van der Waals surface area contributed by atoms with Gasteiger partial charge in [-0.05, 0) is 28.1 Å². The lowest BCUT2D eigenvalue weighted by molar-refractivity contribution is 0.0989. The topological polar surface area (TPSA) is 40.9 Å². The fourth-order valence-corrected chi connectivity index (χ4v) is 1.65. The van der Waals surface area contributed by atoms with E-state index in [4.69, 9.17) is 16.9 Å². The Morgan fingerprint density at radius 3 is 2.79 bits per heavy atom. The molecule has 1 rings (SSSR count). The summed E-state index contributed by atoms with van der Waals surface area (Å²) in [7, 11) is 0. The second-order valence-electron chi connectivity index (χ2n) is 2.67. The maximum atomic E-state index is 11.4. The van der Waals surface area contributed by atoms with Crippen LogP contribution in [0.25, 0.3) is 0 Å². The molecule has 0 bridgehead atoms. The monoisotopic (exact) mass is 271 g/mol. The summed E-state index contributed by atoms with van der Waals surface area (Å²) < 4.78 is 0.639. The highest BCUT2D eigenvalue weighted by Crippen LogP contribution is 2.18. The lowest BCUT2D eigenvalue weighted by Crippen LogP contribution is -1.99. The summed E-state index contributed by atoms with van der Waals surface area (Å²) in [6, 6.07) is 6.91. The second kappa shape index (κ2) is 5.14. The van der Waals surface area contributed by atoms with Gasteiger partial charge in [-0.15, -0.1) is 11.6 Å². The molecule has 0 saturated heterocycles. The Morgan fingerprint density at radius 1 is 1.57 bits per heavy atom. The smallest absolute Gasteiger partial charge is 0.164 e. The molecule has 0 atom stereocenters. The van der Waals surface area contributed by atoms with E-state index in [0.29, 0.717) is 27.9 Å². The van der Waals surface area contributed by atoms with Crippen LogP contribution in [-0.2, 0) is 0 Å². The maximum Gasteiger partial charge on any atom is 0.164 e. The molecular formula is C10H7BrClNO. The lowest BCUT2D eigenvalue weighted by Gasteiger charge is -2.00. The van der Waals surface area contributed by atoms with Crippen LogP contribution in [0.3, 0.4) is 0 Å². The number of benzene rings is 1. The lowest BCUT2D eigenvalue weighted by atomic mass is 10.1. The van der Waals surface area contributed by atoms with Gasteiger partial charge in [0.15, 0.2) is 5.78 Å². The number of carbonyl (C=O) groups is 1. The van der Waals surface area contributed by atoms with E-state index in [1.165, 1.54) is 0 Å². The molecule has 0 amide bonds. The summed E-state index contributed by atoms with van der Waals surface area (Å²) >= 11 is 8.68. The van der Waals surface area contributed by atoms with Crippen LogP contribution < -0.4 is 0 Å². The molecule has 1 aromatic rings. The van der Waals surface area contributed by atoms with Crippen molar-refractivity contribution < 1.29 is 4.79 Å². The van der Waals surface area contributed by atoms with E-state index in [0.717, 1.165) is 0 Å². The first-order valence-corrected chi connectivity index (χ1v) is 5.30. The van der Waals surface area contributed by atoms with Crippen LogP contribution in [0.5, 0.6) is 0 Å². The number of hydrogen-bond acceptors (Lipinski definition) is 2. The van der Waals surface area contributed by atoms with Gasteiger partial charge in [-0.3, -0.25) is 4.79 Å². The summed E-state index contributed by atoms with van der Waals surface area (Å²) in [5.74, 6) is 0.307. The number of ketones is 1. The molecule has 0 N–H and O–H groups in total. The quantitative estimate of drug-likeness (QED) is 0.626. The zero-order valence-electron chi connectivity index (χ0n) is 7.26. The minimum atomic E-state index is -0.00908. The Hall–Kier alpha value is -0.850. The van der Waals surface area contributed by atoms with Crippen LogP contribution in [0.2, 0.25) is 0 Å². The highest BCUT2D eigenvalue weighted by molar-refractivity contribution is 9.10. The fourth-order valence-electron chi connectivity index (χ4n) is 1.01. The zero-order valence-corrected chi connectivity index (χ0v) is 9.60. The number of Topliss-reactive ketones (excluding diaryl/α,β-unsaturated/α-hetero) is 1. The third-order valence-electron chi connectivity index (χ3n) is 1.73. The molecule has 0 fully saturated rings. The van der Waals surface area contributed by atoms with E-state index in [1.807, 2.05) is 6.07 Å². The molecule has 0 aliphatic rings. The summed E-state index contributed by atoms with van der Waals surface area (Å²) in [5.41, 5.74) is 1.10. The number of rotatable bonds is 3. The van der Waals surface area contributed by atoms with Crippen molar-refractivity contribution in [2.24, 2.45) is 0 Å². The first kappa shape index (κ1) is 11.2. The van der Waals surface area contributed by atoms with Crippen LogP contribution in [0.1, 0.15) is 22.3 Å². The second-order valence-corrected chi connectivity index (χ2v) is 3.90. The van der Waals surface area contributed by atoms with Gasteiger partial charge in [0.1, 0.15) is 6.07 Å². The van der Waals surface area contributed by atoms with Crippen molar-refractivity contribution in [2.45, 2.75) is 6.42 Å². The Labute approximate surface area is 95.6 Å². The van der Waals surface area contributed by atoms with Crippen LogP contribution in [0, 0.1) is 11.3 Å². The van der Waals surface area contributed by atoms with Gasteiger partial charge in [-0.1, -0.05) is 6.07 Å². The number of carbonyl (C=O) groups excluding carboxylic acids is 1. The third-order valence-corrected chi connectivity index (χ3v) is 2.58. The van der Waals surface area contributed by atoms with E-state index in [-0.39, 0.29) is 5.78 Å². The van der Waals surface area contributed by atoms with Crippen LogP contribution >= 0.6 is 27.5 Å². The molecule has 0 aliphatic heterocycles. The van der Waals surface area contributed by atoms with Crippen LogP contribution in [0.4, 0.5) is 0 Å². The number of hydrogen-bond donors (Lipinski definition) is 0. The molecule has 0 radical (unpaired) electrons. The van der Waals surface area contributed by atoms with Gasteiger partial charge in [0.05, 0.1) is 5.56 Å². The van der Waals surface area contributed by atoms with E-state index >= 15 is 0 Å². The molecule has 2 nitrogen and oxygen atoms in total. The van der Waals surface area contributed by atoms with Crippen molar-refractivity contribution in [3.8, 4) is 6.07 Å². The summed E-state index contributed by atoms with van der Waals surface area (Å²) in [5, 5.41) is 8.67. The van der Waals surface area contributed by atoms with E-state index in [1.54, 1.807) is 18.2 Å². The molecule has 0 aromatic heterocycles. The Kier molecular flexibility index (Phi) is 4.12. The highest BCUT2D eigenvalue weighted by atomic mass is 79.9. The zero-order chi connectivity index (χ0) is 10.6. The van der Waals surface area contributed by atoms with Gasteiger partial charge < -0.3 is 0 Å². The molecule has 1 aromatic carbocycles. The molecule has 72 valence electrons. The molecular weight excluding hydrogens is 265 g/mol. The first-order chi connectivity index (χ1) is 6.69. The van der Waals surface area contributed by atoms with E-state index in [2.05, 4.69) is 15.9 Å². The number of alkyl halides is 1. The number of nitrogens with zero attached hydrogens (tertiary/aromatic N) is 1. The van der Waals surface area contributed by atoms with Gasteiger partial charge in [0.2, 0.25) is 0 Å². The molecule has 4 heteroatoms. The fraction of sp³-hybridized carbons (Fsp3) is 0.200. The molecule has 0 heterocycles. The number of nitriles is 1. The molecule has 0 spiro atoms. The Balaban J connectivity index is 2.98. The largest absolute Gasteiger partial charge is 0.294 e. The summed E-state index contributed by atoms with van der Waals surface area (Å²) in [6.45, 7) is 0. The molecule has 14 heavy (non-hydrogen) atoms. The standard InChI is InChI=1S/C10H7BrClNO/c11-9-5-7(10(14)3-4-12)1-2-8(9)6-13/h1-2,5H,3-4H2. The summed E-state index contributed by atoms with van der Waals surface area (Å²) in [4.78, 5) is 11.4. The van der Waals surface area contributed by atoms with Crippen LogP contribution in [0.15, 0.2) is 22.7 Å².